The van der Waals surface area contributed by atoms with Gasteiger partial charge in [0.05, 0.1) is 6.42 Å². The third-order valence-electron chi connectivity index (χ3n) is 1.42. The molecule has 1 atom stereocenters. The molecule has 0 aliphatic rings. The number of hydrogen-bond donors (Lipinski definition) is 0. The molecule has 0 N–H and O–H groups in total. The lowest BCUT2D eigenvalue weighted by Gasteiger charge is -2.08. The van der Waals surface area contributed by atoms with Crippen molar-refractivity contribution in [3.05, 3.63) is 0 Å². The molecular formula is C8H13O4P. The minimum absolute atomic E-state index is 0.0418. The molecule has 0 saturated heterocycles. The van der Waals surface area contributed by atoms with E-state index in [1.54, 1.807) is 0 Å². The number of carbonyl (C=O) groups is 1. The molecule has 1 unspecified atom stereocenters. The second-order valence-electron chi connectivity index (χ2n) is 2.54. The van der Waals surface area contributed by atoms with Crippen molar-refractivity contribution in [3.63, 3.8) is 0 Å². The zero-order valence-corrected chi connectivity index (χ0v) is 8.67. The molecule has 13 heavy (non-hydrogen) atoms. The van der Waals surface area contributed by atoms with Crippen molar-refractivity contribution in [1.29, 1.82) is 0 Å². The van der Waals surface area contributed by atoms with E-state index < -0.39 is 13.3 Å². The standard InChI is InChI=1S/C8H13O4P/c1-4-6-12-8(9)5-7-13(3,10)11-2/h1H,5-7H2,2-3H3. The maximum Gasteiger partial charge on any atom is 0.307 e. The second kappa shape index (κ2) is 5.80. The zero-order valence-electron chi connectivity index (χ0n) is 7.78. The molecule has 0 fully saturated rings. The lowest BCUT2D eigenvalue weighted by molar-refractivity contribution is -0.141. The van der Waals surface area contributed by atoms with E-state index in [2.05, 4.69) is 10.7 Å². The molecule has 0 saturated carbocycles. The molecule has 0 rings (SSSR count). The summed E-state index contributed by atoms with van der Waals surface area (Å²) >= 11 is 0. The molecule has 74 valence electrons. The number of terminal acetylenes is 1. The van der Waals surface area contributed by atoms with Crippen LogP contribution >= 0.6 is 7.37 Å². The van der Waals surface area contributed by atoms with Gasteiger partial charge in [0.25, 0.3) is 0 Å². The molecule has 0 bridgehead atoms. The Balaban J connectivity index is 3.71. The molecule has 0 radical (unpaired) electrons. The van der Waals surface area contributed by atoms with Crippen LogP contribution in [0.5, 0.6) is 0 Å². The van der Waals surface area contributed by atoms with E-state index in [-0.39, 0.29) is 19.2 Å². The van der Waals surface area contributed by atoms with E-state index in [4.69, 9.17) is 10.9 Å². The highest BCUT2D eigenvalue weighted by Gasteiger charge is 2.16. The van der Waals surface area contributed by atoms with Gasteiger partial charge in [0, 0.05) is 19.9 Å². The van der Waals surface area contributed by atoms with Gasteiger partial charge in [-0.3, -0.25) is 9.36 Å². The van der Waals surface area contributed by atoms with Crippen molar-refractivity contribution in [2.45, 2.75) is 6.42 Å². The van der Waals surface area contributed by atoms with Gasteiger partial charge >= 0.3 is 5.97 Å². The van der Waals surface area contributed by atoms with Gasteiger partial charge in [-0.15, -0.1) is 6.42 Å². The lowest BCUT2D eigenvalue weighted by Crippen LogP contribution is -2.07. The summed E-state index contributed by atoms with van der Waals surface area (Å²) in [6, 6.07) is 0. The SMILES string of the molecule is C#CCOC(=O)CCP(C)(=O)OC. The van der Waals surface area contributed by atoms with Crippen molar-refractivity contribution >= 4 is 13.3 Å². The highest BCUT2D eigenvalue weighted by Crippen LogP contribution is 2.41. The van der Waals surface area contributed by atoms with Crippen molar-refractivity contribution in [3.8, 4) is 12.3 Å². The van der Waals surface area contributed by atoms with E-state index in [9.17, 15) is 9.36 Å². The molecule has 0 aromatic rings. The van der Waals surface area contributed by atoms with Crippen LogP contribution in [-0.2, 0) is 18.6 Å². The molecule has 0 spiro atoms. The average Bonchev–Trinajstić information content (AvgIpc) is 2.11. The Morgan fingerprint density at radius 3 is 2.69 bits per heavy atom. The topological polar surface area (TPSA) is 52.6 Å². The summed E-state index contributed by atoms with van der Waals surface area (Å²) in [7, 11) is -1.26. The van der Waals surface area contributed by atoms with E-state index in [0.29, 0.717) is 0 Å². The van der Waals surface area contributed by atoms with Gasteiger partial charge in [0.15, 0.2) is 6.61 Å². The quantitative estimate of drug-likeness (QED) is 0.382. The monoisotopic (exact) mass is 204 g/mol. The third kappa shape index (κ3) is 6.39. The third-order valence-corrected chi connectivity index (χ3v) is 3.23. The van der Waals surface area contributed by atoms with Crippen LogP contribution in [0, 0.1) is 12.3 Å². The molecular weight excluding hydrogens is 191 g/mol. The summed E-state index contributed by atoms with van der Waals surface area (Å²) < 4.78 is 20.6. The van der Waals surface area contributed by atoms with Crippen molar-refractivity contribution in [2.75, 3.05) is 26.5 Å². The first-order valence-corrected chi connectivity index (χ1v) is 5.99. The minimum atomic E-state index is -2.61. The predicted molar refractivity (Wildman–Crippen MR) is 49.8 cm³/mol. The summed E-state index contributed by atoms with van der Waals surface area (Å²) in [6.45, 7) is 1.43. The molecule has 0 aliphatic heterocycles. The number of rotatable bonds is 5. The zero-order chi connectivity index (χ0) is 10.3. The normalized spacial score (nSPS) is 14.2. The van der Waals surface area contributed by atoms with Crippen LogP contribution in [0.2, 0.25) is 0 Å². The van der Waals surface area contributed by atoms with Crippen LogP contribution in [0.3, 0.4) is 0 Å². The Morgan fingerprint density at radius 2 is 2.23 bits per heavy atom. The molecule has 0 heterocycles. The number of esters is 1. The van der Waals surface area contributed by atoms with Gasteiger partial charge in [0.2, 0.25) is 7.37 Å². The molecule has 5 heteroatoms. The molecule has 0 aromatic carbocycles. The first-order chi connectivity index (χ1) is 6.02. The van der Waals surface area contributed by atoms with Gasteiger partial charge in [-0.25, -0.2) is 0 Å². The van der Waals surface area contributed by atoms with Gasteiger partial charge in [-0.2, -0.15) is 0 Å². The van der Waals surface area contributed by atoms with Crippen LogP contribution in [0.25, 0.3) is 0 Å². The van der Waals surface area contributed by atoms with Crippen LogP contribution in [0.4, 0.5) is 0 Å². The van der Waals surface area contributed by atoms with Gasteiger partial charge in [-0.1, -0.05) is 5.92 Å². The van der Waals surface area contributed by atoms with Crippen molar-refractivity contribution in [2.24, 2.45) is 0 Å². The Hall–Kier alpha value is -0.780. The van der Waals surface area contributed by atoms with Gasteiger partial charge < -0.3 is 9.26 Å². The first kappa shape index (κ1) is 12.2. The first-order valence-electron chi connectivity index (χ1n) is 3.73. The van der Waals surface area contributed by atoms with Crippen LogP contribution in [0.1, 0.15) is 6.42 Å². The average molecular weight is 204 g/mol. The fourth-order valence-corrected chi connectivity index (χ4v) is 1.35. The highest BCUT2D eigenvalue weighted by atomic mass is 31.2. The van der Waals surface area contributed by atoms with Crippen molar-refractivity contribution in [1.82, 2.24) is 0 Å². The van der Waals surface area contributed by atoms with Crippen molar-refractivity contribution < 1.29 is 18.6 Å². The van der Waals surface area contributed by atoms with E-state index >= 15 is 0 Å². The van der Waals surface area contributed by atoms with Crippen LogP contribution < -0.4 is 0 Å². The summed E-state index contributed by atoms with van der Waals surface area (Å²) in [5, 5.41) is 0. The van der Waals surface area contributed by atoms with Gasteiger partial charge in [0.1, 0.15) is 0 Å². The second-order valence-corrected chi connectivity index (χ2v) is 5.38. The maximum atomic E-state index is 11.3. The summed E-state index contributed by atoms with van der Waals surface area (Å²) in [5.41, 5.74) is 0. The van der Waals surface area contributed by atoms with E-state index in [1.165, 1.54) is 13.8 Å². The Kier molecular flexibility index (Phi) is 5.45. The Morgan fingerprint density at radius 1 is 1.62 bits per heavy atom. The molecule has 4 nitrogen and oxygen atoms in total. The van der Waals surface area contributed by atoms with Gasteiger partial charge in [-0.05, 0) is 0 Å². The predicted octanol–water partition coefficient (Wildman–Crippen LogP) is 1.11. The lowest BCUT2D eigenvalue weighted by atomic mass is 10.5. The fraction of sp³-hybridized carbons (Fsp3) is 0.625. The van der Waals surface area contributed by atoms with E-state index in [1.807, 2.05) is 0 Å². The largest absolute Gasteiger partial charge is 0.452 e. The number of hydrogen-bond acceptors (Lipinski definition) is 4. The molecule has 0 aromatic heterocycles. The smallest absolute Gasteiger partial charge is 0.307 e. The Labute approximate surface area is 78.1 Å². The van der Waals surface area contributed by atoms with E-state index in [0.717, 1.165) is 0 Å². The minimum Gasteiger partial charge on any atom is -0.452 e. The van der Waals surface area contributed by atoms with Crippen LogP contribution in [0.15, 0.2) is 0 Å². The number of ether oxygens (including phenoxy) is 1. The molecule has 0 aliphatic carbocycles. The summed E-state index contributed by atoms with van der Waals surface area (Å²) in [6.07, 6.45) is 5.14. The molecule has 0 amide bonds. The highest BCUT2D eigenvalue weighted by molar-refractivity contribution is 7.58. The summed E-state index contributed by atoms with van der Waals surface area (Å²) in [4.78, 5) is 10.9. The van der Waals surface area contributed by atoms with Crippen LogP contribution in [-0.4, -0.2) is 32.5 Å². The number of carbonyl (C=O) groups excluding carboxylic acids is 1. The maximum absolute atomic E-state index is 11.3. The summed E-state index contributed by atoms with van der Waals surface area (Å²) in [5.74, 6) is 1.72. The Bertz CT molecular complexity index is 253. The fourth-order valence-electron chi connectivity index (χ4n) is 0.580.